The van der Waals surface area contributed by atoms with Crippen molar-refractivity contribution in [2.75, 3.05) is 39.4 Å². The highest BCUT2D eigenvalue weighted by Crippen LogP contribution is 2.38. The van der Waals surface area contributed by atoms with Gasteiger partial charge in [0.05, 0.1) is 5.02 Å². The first-order valence-electron chi connectivity index (χ1n) is 9.00. The Morgan fingerprint density at radius 3 is 2.78 bits per heavy atom. The molecule has 0 radical (unpaired) electrons. The van der Waals surface area contributed by atoms with Gasteiger partial charge >= 0.3 is 0 Å². The van der Waals surface area contributed by atoms with E-state index in [4.69, 9.17) is 21.1 Å². The van der Waals surface area contributed by atoms with Gasteiger partial charge in [0, 0.05) is 43.7 Å². The number of fused-ring (bicyclic) bond motifs is 1. The van der Waals surface area contributed by atoms with Gasteiger partial charge in [0.15, 0.2) is 11.5 Å². The van der Waals surface area contributed by atoms with Crippen LogP contribution in [-0.4, -0.2) is 55.1 Å². The van der Waals surface area contributed by atoms with E-state index in [9.17, 15) is 4.79 Å². The topological polar surface area (TPSA) is 42.0 Å². The summed E-state index contributed by atoms with van der Waals surface area (Å²) in [6.07, 6.45) is 3.39. The maximum absolute atomic E-state index is 12.5. The summed E-state index contributed by atoms with van der Waals surface area (Å²) >= 11 is 8.02. The maximum Gasteiger partial charge on any atom is 0.246 e. The Morgan fingerprint density at radius 2 is 2.00 bits per heavy atom. The van der Waals surface area contributed by atoms with Gasteiger partial charge in [-0.3, -0.25) is 9.69 Å². The number of carbonyl (C=O) groups is 1. The van der Waals surface area contributed by atoms with Crippen molar-refractivity contribution in [3.63, 3.8) is 0 Å². The molecule has 0 aliphatic carbocycles. The minimum atomic E-state index is 0.0248. The van der Waals surface area contributed by atoms with E-state index in [0.717, 1.165) is 38.3 Å². The van der Waals surface area contributed by atoms with Crippen molar-refractivity contribution in [2.24, 2.45) is 0 Å². The number of carbonyl (C=O) groups excluding carboxylic acids is 1. The van der Waals surface area contributed by atoms with E-state index in [-0.39, 0.29) is 5.91 Å². The minimum absolute atomic E-state index is 0.0248. The lowest BCUT2D eigenvalue weighted by atomic mass is 10.1. The van der Waals surface area contributed by atoms with Crippen LogP contribution >= 0.6 is 22.9 Å². The summed E-state index contributed by atoms with van der Waals surface area (Å²) in [5.41, 5.74) is 0.828. The number of amides is 1. The number of benzene rings is 1. The Balaban J connectivity index is 1.33. The SMILES string of the molecule is O=C(/C=C/c1cc(Cl)c2c(c1)OCCO2)N1CCN(Cc2cccs2)CC1. The molecule has 0 atom stereocenters. The van der Waals surface area contributed by atoms with Crippen LogP contribution in [0.1, 0.15) is 10.4 Å². The van der Waals surface area contributed by atoms with Gasteiger partial charge in [0.2, 0.25) is 5.91 Å². The van der Waals surface area contributed by atoms with Crippen molar-refractivity contribution < 1.29 is 14.3 Å². The second-order valence-corrected chi connectivity index (χ2v) is 7.98. The number of ether oxygens (including phenoxy) is 2. The quantitative estimate of drug-likeness (QED) is 0.731. The first kappa shape index (κ1) is 18.3. The molecular formula is C20H21ClN2O3S. The van der Waals surface area contributed by atoms with E-state index >= 15 is 0 Å². The van der Waals surface area contributed by atoms with Crippen molar-refractivity contribution in [3.05, 3.63) is 51.2 Å². The first-order valence-corrected chi connectivity index (χ1v) is 10.3. The molecule has 4 rings (SSSR count). The van der Waals surface area contributed by atoms with Crippen LogP contribution in [0.25, 0.3) is 6.08 Å². The van der Waals surface area contributed by atoms with Gasteiger partial charge in [-0.15, -0.1) is 11.3 Å². The van der Waals surface area contributed by atoms with Crippen LogP contribution in [0.3, 0.4) is 0 Å². The van der Waals surface area contributed by atoms with Gasteiger partial charge in [-0.05, 0) is 35.2 Å². The van der Waals surface area contributed by atoms with Crippen LogP contribution in [0, 0.1) is 0 Å². The second kappa shape index (κ2) is 8.33. The molecule has 0 bridgehead atoms. The van der Waals surface area contributed by atoms with E-state index in [2.05, 4.69) is 22.4 Å². The molecule has 5 nitrogen and oxygen atoms in total. The molecule has 7 heteroatoms. The third-order valence-electron chi connectivity index (χ3n) is 4.68. The number of hydrogen-bond donors (Lipinski definition) is 0. The summed E-state index contributed by atoms with van der Waals surface area (Å²) in [7, 11) is 0. The van der Waals surface area contributed by atoms with Crippen molar-refractivity contribution in [1.29, 1.82) is 0 Å². The fraction of sp³-hybridized carbons (Fsp3) is 0.350. The number of piperazine rings is 1. The fourth-order valence-corrected chi connectivity index (χ4v) is 4.27. The number of thiophene rings is 1. The number of hydrogen-bond acceptors (Lipinski definition) is 5. The molecule has 27 heavy (non-hydrogen) atoms. The molecule has 2 aromatic rings. The van der Waals surface area contributed by atoms with Gasteiger partial charge in [0.25, 0.3) is 0 Å². The van der Waals surface area contributed by atoms with E-state index < -0.39 is 0 Å². The standard InChI is InChI=1S/C20H21ClN2O3S/c21-17-12-15(13-18-20(17)26-10-9-25-18)3-4-19(24)23-7-5-22(6-8-23)14-16-2-1-11-27-16/h1-4,11-13H,5-10,14H2/b4-3+. The number of halogens is 1. The highest BCUT2D eigenvalue weighted by molar-refractivity contribution is 7.09. The predicted molar refractivity (Wildman–Crippen MR) is 108 cm³/mol. The van der Waals surface area contributed by atoms with Crippen LogP contribution in [0.15, 0.2) is 35.7 Å². The van der Waals surface area contributed by atoms with Gasteiger partial charge < -0.3 is 14.4 Å². The van der Waals surface area contributed by atoms with E-state index in [1.54, 1.807) is 29.6 Å². The van der Waals surface area contributed by atoms with Crippen LogP contribution in [0.5, 0.6) is 11.5 Å². The second-order valence-electron chi connectivity index (χ2n) is 6.54. The lowest BCUT2D eigenvalue weighted by molar-refractivity contribution is -0.127. The largest absolute Gasteiger partial charge is 0.486 e. The third kappa shape index (κ3) is 4.46. The zero-order chi connectivity index (χ0) is 18.6. The Hall–Kier alpha value is -2.02. The van der Waals surface area contributed by atoms with Crippen molar-refractivity contribution >= 4 is 34.9 Å². The van der Waals surface area contributed by atoms with Crippen LogP contribution in [-0.2, 0) is 11.3 Å². The van der Waals surface area contributed by atoms with E-state index in [0.29, 0.717) is 29.7 Å². The minimum Gasteiger partial charge on any atom is -0.486 e. The Bertz CT molecular complexity index is 830. The summed E-state index contributed by atoms with van der Waals surface area (Å²) in [4.78, 5) is 18.1. The van der Waals surface area contributed by atoms with Crippen LogP contribution in [0.2, 0.25) is 5.02 Å². The predicted octanol–water partition coefficient (Wildman–Crippen LogP) is 3.53. The van der Waals surface area contributed by atoms with Gasteiger partial charge in [-0.2, -0.15) is 0 Å². The molecule has 0 spiro atoms. The summed E-state index contributed by atoms with van der Waals surface area (Å²) in [6, 6.07) is 7.87. The monoisotopic (exact) mass is 404 g/mol. The van der Waals surface area contributed by atoms with Crippen LogP contribution in [0.4, 0.5) is 0 Å². The Labute approximate surface area is 167 Å². The lowest BCUT2D eigenvalue weighted by Crippen LogP contribution is -2.47. The molecule has 0 N–H and O–H groups in total. The average Bonchev–Trinajstić information content (AvgIpc) is 3.20. The third-order valence-corrected chi connectivity index (χ3v) is 5.82. The van der Waals surface area contributed by atoms with Crippen molar-refractivity contribution in [3.8, 4) is 11.5 Å². The molecule has 1 amide bonds. The number of nitrogens with zero attached hydrogens (tertiary/aromatic N) is 2. The van der Waals surface area contributed by atoms with Gasteiger partial charge in [-0.25, -0.2) is 0 Å². The summed E-state index contributed by atoms with van der Waals surface area (Å²) in [5.74, 6) is 1.23. The first-order chi connectivity index (χ1) is 13.2. The highest BCUT2D eigenvalue weighted by Gasteiger charge is 2.20. The molecule has 3 heterocycles. The van der Waals surface area contributed by atoms with Crippen molar-refractivity contribution in [2.45, 2.75) is 6.54 Å². The molecule has 1 saturated heterocycles. The Morgan fingerprint density at radius 1 is 1.19 bits per heavy atom. The molecule has 0 unspecified atom stereocenters. The molecule has 1 fully saturated rings. The molecule has 2 aliphatic heterocycles. The highest BCUT2D eigenvalue weighted by atomic mass is 35.5. The molecule has 1 aromatic heterocycles. The molecule has 2 aliphatic rings. The zero-order valence-electron chi connectivity index (χ0n) is 14.9. The Kier molecular flexibility index (Phi) is 5.66. The smallest absolute Gasteiger partial charge is 0.246 e. The van der Waals surface area contributed by atoms with Gasteiger partial charge in [-0.1, -0.05) is 17.7 Å². The molecule has 0 saturated carbocycles. The number of rotatable bonds is 4. The molecular weight excluding hydrogens is 384 g/mol. The summed E-state index contributed by atoms with van der Waals surface area (Å²) in [6.45, 7) is 5.25. The molecule has 142 valence electrons. The van der Waals surface area contributed by atoms with Crippen molar-refractivity contribution in [1.82, 2.24) is 9.80 Å². The maximum atomic E-state index is 12.5. The summed E-state index contributed by atoms with van der Waals surface area (Å²) in [5, 5.41) is 2.60. The van der Waals surface area contributed by atoms with Gasteiger partial charge in [0.1, 0.15) is 13.2 Å². The summed E-state index contributed by atoms with van der Waals surface area (Å²) < 4.78 is 11.1. The van der Waals surface area contributed by atoms with E-state index in [1.165, 1.54) is 4.88 Å². The van der Waals surface area contributed by atoms with E-state index in [1.807, 2.05) is 11.0 Å². The fourth-order valence-electron chi connectivity index (χ4n) is 3.25. The normalized spacial score (nSPS) is 17.4. The zero-order valence-corrected chi connectivity index (χ0v) is 16.5. The average molecular weight is 405 g/mol. The molecule has 1 aromatic carbocycles. The lowest BCUT2D eigenvalue weighted by Gasteiger charge is -2.34. The van der Waals surface area contributed by atoms with Crippen LogP contribution < -0.4 is 9.47 Å².